The average molecular weight is 281 g/mol. The molecule has 1 aromatic heterocycles. The largest absolute Gasteiger partial charge is 0.362 e. The first-order valence-electron chi connectivity index (χ1n) is 7.77. The molecule has 3 nitrogen and oxygen atoms in total. The second-order valence-corrected chi connectivity index (χ2v) is 5.75. The van der Waals surface area contributed by atoms with Crippen molar-refractivity contribution in [1.29, 1.82) is 0 Å². The topological polar surface area (TPSA) is 28.2 Å². The summed E-state index contributed by atoms with van der Waals surface area (Å²) < 4.78 is 0. The molecule has 3 rings (SSSR count). The first kappa shape index (κ1) is 14.1. The standard InChI is InChI=1S/C18H23N3/c1-3-19-11-15-8-9-17(20-12-15)13-21-14(2)10-16-6-4-5-7-18(16)21/h4-9,12,14,19H,3,10-11,13H2,1-2H3. The summed E-state index contributed by atoms with van der Waals surface area (Å²) in [6, 6.07) is 13.6. The number of hydrogen-bond donors (Lipinski definition) is 1. The molecule has 1 atom stereocenters. The molecule has 0 fully saturated rings. The van der Waals surface area contributed by atoms with E-state index in [0.717, 1.165) is 31.7 Å². The van der Waals surface area contributed by atoms with Crippen LogP contribution in [0.1, 0.15) is 30.7 Å². The number of fused-ring (bicyclic) bond motifs is 1. The molecule has 1 aliphatic rings. The quantitative estimate of drug-likeness (QED) is 0.912. The zero-order chi connectivity index (χ0) is 14.7. The number of anilines is 1. The summed E-state index contributed by atoms with van der Waals surface area (Å²) in [5.74, 6) is 0. The molecule has 1 aliphatic heterocycles. The summed E-state index contributed by atoms with van der Waals surface area (Å²) in [5, 5.41) is 3.33. The lowest BCUT2D eigenvalue weighted by atomic mass is 10.1. The molecule has 0 radical (unpaired) electrons. The van der Waals surface area contributed by atoms with E-state index in [2.05, 4.69) is 65.4 Å². The Labute approximate surface area is 127 Å². The van der Waals surface area contributed by atoms with Crippen molar-refractivity contribution in [2.75, 3.05) is 11.4 Å². The maximum absolute atomic E-state index is 4.62. The van der Waals surface area contributed by atoms with Gasteiger partial charge in [-0.1, -0.05) is 31.2 Å². The molecule has 110 valence electrons. The molecule has 2 aromatic rings. The Morgan fingerprint density at radius 3 is 2.86 bits per heavy atom. The molecule has 3 heteroatoms. The van der Waals surface area contributed by atoms with Gasteiger partial charge in [0.15, 0.2) is 0 Å². The smallest absolute Gasteiger partial charge is 0.0605 e. The summed E-state index contributed by atoms with van der Waals surface area (Å²) in [7, 11) is 0. The summed E-state index contributed by atoms with van der Waals surface area (Å²) in [6.45, 7) is 7.18. The fourth-order valence-corrected chi connectivity index (χ4v) is 2.97. The van der Waals surface area contributed by atoms with Crippen LogP contribution in [-0.4, -0.2) is 17.6 Å². The van der Waals surface area contributed by atoms with E-state index < -0.39 is 0 Å². The zero-order valence-corrected chi connectivity index (χ0v) is 12.8. The van der Waals surface area contributed by atoms with Gasteiger partial charge in [0.25, 0.3) is 0 Å². The van der Waals surface area contributed by atoms with Crippen molar-refractivity contribution in [3.05, 3.63) is 59.4 Å². The number of nitrogens with one attached hydrogen (secondary N) is 1. The first-order chi connectivity index (χ1) is 10.3. The number of nitrogens with zero attached hydrogens (tertiary/aromatic N) is 2. The zero-order valence-electron chi connectivity index (χ0n) is 12.8. The molecule has 0 bridgehead atoms. The van der Waals surface area contributed by atoms with Crippen molar-refractivity contribution < 1.29 is 0 Å². The van der Waals surface area contributed by atoms with Gasteiger partial charge in [-0.15, -0.1) is 0 Å². The van der Waals surface area contributed by atoms with Gasteiger partial charge in [0, 0.05) is 24.5 Å². The van der Waals surface area contributed by atoms with Gasteiger partial charge in [0.2, 0.25) is 0 Å². The Hall–Kier alpha value is -1.87. The molecule has 0 saturated heterocycles. The number of para-hydroxylation sites is 1. The lowest BCUT2D eigenvalue weighted by Gasteiger charge is -2.24. The van der Waals surface area contributed by atoms with Gasteiger partial charge in [-0.05, 0) is 43.1 Å². The molecular weight excluding hydrogens is 258 g/mol. The molecule has 1 N–H and O–H groups in total. The molecular formula is C18H23N3. The van der Waals surface area contributed by atoms with Gasteiger partial charge < -0.3 is 10.2 Å². The maximum atomic E-state index is 4.62. The van der Waals surface area contributed by atoms with E-state index in [1.54, 1.807) is 0 Å². The Morgan fingerprint density at radius 1 is 1.24 bits per heavy atom. The molecule has 1 aromatic carbocycles. The van der Waals surface area contributed by atoms with Gasteiger partial charge in [0.1, 0.15) is 0 Å². The molecule has 1 unspecified atom stereocenters. The molecule has 0 aliphatic carbocycles. The average Bonchev–Trinajstić information content (AvgIpc) is 2.83. The van der Waals surface area contributed by atoms with Crippen LogP contribution >= 0.6 is 0 Å². The lowest BCUT2D eigenvalue weighted by molar-refractivity contribution is 0.663. The third kappa shape index (κ3) is 3.08. The summed E-state index contributed by atoms with van der Waals surface area (Å²) in [6.07, 6.45) is 3.12. The van der Waals surface area contributed by atoms with E-state index in [9.17, 15) is 0 Å². The van der Waals surface area contributed by atoms with Gasteiger partial charge in [-0.3, -0.25) is 4.98 Å². The minimum Gasteiger partial charge on any atom is -0.362 e. The van der Waals surface area contributed by atoms with Gasteiger partial charge in [0.05, 0.1) is 12.2 Å². The minimum absolute atomic E-state index is 0.547. The normalized spacial score (nSPS) is 17.0. The molecule has 0 saturated carbocycles. The monoisotopic (exact) mass is 281 g/mol. The molecule has 0 amide bonds. The van der Waals surface area contributed by atoms with E-state index in [1.807, 2.05) is 6.20 Å². The lowest BCUT2D eigenvalue weighted by Crippen LogP contribution is -2.29. The first-order valence-corrected chi connectivity index (χ1v) is 7.77. The maximum Gasteiger partial charge on any atom is 0.0605 e. The van der Waals surface area contributed by atoms with E-state index in [0.29, 0.717) is 6.04 Å². The minimum atomic E-state index is 0.547. The summed E-state index contributed by atoms with van der Waals surface area (Å²) in [4.78, 5) is 7.08. The fourth-order valence-electron chi connectivity index (χ4n) is 2.97. The Bertz CT molecular complexity index is 592. The Morgan fingerprint density at radius 2 is 2.10 bits per heavy atom. The van der Waals surface area contributed by atoms with Gasteiger partial charge in [-0.2, -0.15) is 0 Å². The van der Waals surface area contributed by atoms with Crippen LogP contribution < -0.4 is 10.2 Å². The van der Waals surface area contributed by atoms with Crippen molar-refractivity contribution in [3.8, 4) is 0 Å². The van der Waals surface area contributed by atoms with Crippen molar-refractivity contribution in [1.82, 2.24) is 10.3 Å². The predicted molar refractivity (Wildman–Crippen MR) is 87.4 cm³/mol. The SMILES string of the molecule is CCNCc1ccc(CN2c3ccccc3CC2C)nc1. The third-order valence-corrected chi connectivity index (χ3v) is 4.15. The number of benzene rings is 1. The van der Waals surface area contributed by atoms with E-state index in [-0.39, 0.29) is 0 Å². The van der Waals surface area contributed by atoms with Crippen LogP contribution in [0.2, 0.25) is 0 Å². The van der Waals surface area contributed by atoms with E-state index >= 15 is 0 Å². The summed E-state index contributed by atoms with van der Waals surface area (Å²) >= 11 is 0. The number of pyridine rings is 1. The van der Waals surface area contributed by atoms with Crippen molar-refractivity contribution in [2.24, 2.45) is 0 Å². The van der Waals surface area contributed by atoms with Crippen molar-refractivity contribution in [3.63, 3.8) is 0 Å². The van der Waals surface area contributed by atoms with Gasteiger partial charge >= 0.3 is 0 Å². The highest BCUT2D eigenvalue weighted by Crippen LogP contribution is 2.32. The number of hydrogen-bond acceptors (Lipinski definition) is 3. The van der Waals surface area contributed by atoms with E-state index in [1.165, 1.54) is 16.8 Å². The van der Waals surface area contributed by atoms with Crippen LogP contribution in [0.4, 0.5) is 5.69 Å². The van der Waals surface area contributed by atoms with E-state index in [4.69, 9.17) is 0 Å². The van der Waals surface area contributed by atoms with Crippen LogP contribution in [0.25, 0.3) is 0 Å². The highest BCUT2D eigenvalue weighted by atomic mass is 15.2. The third-order valence-electron chi connectivity index (χ3n) is 4.15. The van der Waals surface area contributed by atoms with Crippen LogP contribution in [0.15, 0.2) is 42.6 Å². The highest BCUT2D eigenvalue weighted by molar-refractivity contribution is 5.59. The Kier molecular flexibility index (Phi) is 4.20. The number of aromatic nitrogens is 1. The van der Waals surface area contributed by atoms with Crippen LogP contribution in [-0.2, 0) is 19.5 Å². The van der Waals surface area contributed by atoms with Crippen LogP contribution in [0, 0.1) is 0 Å². The van der Waals surface area contributed by atoms with Gasteiger partial charge in [-0.25, -0.2) is 0 Å². The number of rotatable bonds is 5. The van der Waals surface area contributed by atoms with Crippen molar-refractivity contribution >= 4 is 5.69 Å². The second kappa shape index (κ2) is 6.27. The predicted octanol–water partition coefficient (Wildman–Crippen LogP) is 3.14. The Balaban J connectivity index is 1.72. The van der Waals surface area contributed by atoms with Crippen LogP contribution in [0.5, 0.6) is 0 Å². The molecule has 2 heterocycles. The highest BCUT2D eigenvalue weighted by Gasteiger charge is 2.25. The second-order valence-electron chi connectivity index (χ2n) is 5.75. The molecule has 21 heavy (non-hydrogen) atoms. The van der Waals surface area contributed by atoms with Crippen LogP contribution in [0.3, 0.4) is 0 Å². The fraction of sp³-hybridized carbons (Fsp3) is 0.389. The van der Waals surface area contributed by atoms with Crippen molar-refractivity contribution in [2.45, 2.75) is 39.4 Å². The summed E-state index contributed by atoms with van der Waals surface area (Å²) in [5.41, 5.74) is 5.20. The molecule has 0 spiro atoms.